The maximum atomic E-state index is 12.2. The van der Waals surface area contributed by atoms with Crippen molar-refractivity contribution in [3.05, 3.63) is 71.7 Å². The summed E-state index contributed by atoms with van der Waals surface area (Å²) >= 11 is 1.56. The van der Waals surface area contributed by atoms with E-state index in [0.29, 0.717) is 0 Å². The number of rotatable bonds is 5. The Hall–Kier alpha value is -2.02. The molecule has 0 atom stereocenters. The summed E-state index contributed by atoms with van der Waals surface area (Å²) in [5, 5.41) is 2.84. The second kappa shape index (κ2) is 6.39. The molecule has 0 aliphatic carbocycles. The molecule has 0 saturated heterocycles. The summed E-state index contributed by atoms with van der Waals surface area (Å²) in [4.78, 5) is 4.53. The van der Waals surface area contributed by atoms with E-state index in [1.807, 2.05) is 29.6 Å². The number of aromatic nitrogens is 1. The highest BCUT2D eigenvalue weighted by Crippen LogP contribution is 2.22. The van der Waals surface area contributed by atoms with Gasteiger partial charge in [0, 0.05) is 23.7 Å². The third-order valence-electron chi connectivity index (χ3n) is 3.13. The Kier molecular flexibility index (Phi) is 4.33. The molecule has 0 saturated carbocycles. The molecule has 1 N–H and O–H groups in total. The Labute approximate surface area is 133 Å². The van der Waals surface area contributed by atoms with Gasteiger partial charge in [0.25, 0.3) is 0 Å². The van der Waals surface area contributed by atoms with E-state index in [-0.39, 0.29) is 11.4 Å². The van der Waals surface area contributed by atoms with E-state index in [1.54, 1.807) is 47.9 Å². The zero-order valence-electron chi connectivity index (χ0n) is 11.6. The third-order valence-corrected chi connectivity index (χ3v) is 5.37. The van der Waals surface area contributed by atoms with Gasteiger partial charge in [-0.3, -0.25) is 0 Å². The van der Waals surface area contributed by atoms with Crippen LogP contribution in [0.1, 0.15) is 5.56 Å². The molecule has 3 rings (SSSR count). The monoisotopic (exact) mass is 330 g/mol. The molecule has 3 aromatic rings. The minimum atomic E-state index is -3.49. The number of hydrogen-bond donors (Lipinski definition) is 1. The van der Waals surface area contributed by atoms with Gasteiger partial charge < -0.3 is 0 Å². The minimum Gasteiger partial charge on any atom is -0.245 e. The van der Waals surface area contributed by atoms with Crippen molar-refractivity contribution in [2.45, 2.75) is 11.4 Å². The van der Waals surface area contributed by atoms with Crippen molar-refractivity contribution >= 4 is 21.4 Å². The highest BCUT2D eigenvalue weighted by molar-refractivity contribution is 7.89. The summed E-state index contributed by atoms with van der Waals surface area (Å²) in [6.45, 7) is 0.246. The first-order chi connectivity index (χ1) is 10.6. The van der Waals surface area contributed by atoms with Crippen LogP contribution in [0.25, 0.3) is 10.6 Å². The van der Waals surface area contributed by atoms with Crippen LogP contribution in [0, 0.1) is 0 Å². The number of thiazole rings is 1. The summed E-state index contributed by atoms with van der Waals surface area (Å²) in [7, 11) is -3.49. The number of benzene rings is 2. The Morgan fingerprint density at radius 1 is 1.05 bits per heavy atom. The summed E-state index contributed by atoms with van der Waals surface area (Å²) in [5.74, 6) is 0. The number of nitrogens with zero attached hydrogens (tertiary/aromatic N) is 1. The summed E-state index contributed by atoms with van der Waals surface area (Å²) in [6.07, 6.45) is 1.75. The van der Waals surface area contributed by atoms with Crippen molar-refractivity contribution in [3.63, 3.8) is 0 Å². The molecule has 0 bridgehead atoms. The van der Waals surface area contributed by atoms with E-state index in [4.69, 9.17) is 0 Å². The maximum Gasteiger partial charge on any atom is 0.240 e. The molecule has 0 amide bonds. The molecule has 4 nitrogen and oxygen atoms in total. The second-order valence-electron chi connectivity index (χ2n) is 4.68. The van der Waals surface area contributed by atoms with Gasteiger partial charge in [-0.05, 0) is 23.8 Å². The molecule has 1 aromatic heterocycles. The molecule has 1 heterocycles. The number of sulfonamides is 1. The van der Waals surface area contributed by atoms with Crippen molar-refractivity contribution < 1.29 is 8.42 Å². The van der Waals surface area contributed by atoms with Crippen LogP contribution in [-0.2, 0) is 16.6 Å². The topological polar surface area (TPSA) is 59.1 Å². The lowest BCUT2D eigenvalue weighted by Gasteiger charge is -2.07. The average Bonchev–Trinajstić information content (AvgIpc) is 3.09. The molecular formula is C16H14N2O2S2. The van der Waals surface area contributed by atoms with E-state index < -0.39 is 10.0 Å². The fourth-order valence-corrected chi connectivity index (χ4v) is 3.72. The second-order valence-corrected chi connectivity index (χ2v) is 7.34. The SMILES string of the molecule is O=S(=O)(NCc1cccc(-c2nccs2)c1)c1ccccc1. The highest BCUT2D eigenvalue weighted by Gasteiger charge is 2.12. The van der Waals surface area contributed by atoms with E-state index in [9.17, 15) is 8.42 Å². The van der Waals surface area contributed by atoms with Crippen LogP contribution in [0.4, 0.5) is 0 Å². The van der Waals surface area contributed by atoms with Crippen molar-refractivity contribution in [3.8, 4) is 10.6 Å². The minimum absolute atomic E-state index is 0.246. The first-order valence-electron chi connectivity index (χ1n) is 6.69. The average molecular weight is 330 g/mol. The zero-order chi connectivity index (χ0) is 15.4. The van der Waals surface area contributed by atoms with E-state index in [1.165, 1.54) is 0 Å². The molecule has 0 unspecified atom stereocenters. The molecule has 112 valence electrons. The lowest BCUT2D eigenvalue weighted by Crippen LogP contribution is -2.23. The molecule has 0 fully saturated rings. The van der Waals surface area contributed by atoms with Crippen molar-refractivity contribution in [1.82, 2.24) is 9.71 Å². The van der Waals surface area contributed by atoms with E-state index in [2.05, 4.69) is 9.71 Å². The molecule has 22 heavy (non-hydrogen) atoms. The van der Waals surface area contributed by atoms with Crippen molar-refractivity contribution in [2.75, 3.05) is 0 Å². The number of nitrogens with one attached hydrogen (secondary N) is 1. The van der Waals surface area contributed by atoms with E-state index in [0.717, 1.165) is 16.1 Å². The largest absolute Gasteiger partial charge is 0.245 e. The molecule has 2 aromatic carbocycles. The zero-order valence-corrected chi connectivity index (χ0v) is 13.3. The van der Waals surface area contributed by atoms with Gasteiger partial charge in [-0.25, -0.2) is 18.1 Å². The Bertz CT molecular complexity index is 845. The Balaban J connectivity index is 1.76. The standard InChI is InChI=1S/C16H14N2O2S2/c19-22(20,15-7-2-1-3-8-15)18-12-13-5-4-6-14(11-13)16-17-9-10-21-16/h1-11,18H,12H2. The fourth-order valence-electron chi connectivity index (χ4n) is 2.04. The van der Waals surface area contributed by atoms with Crippen LogP contribution >= 0.6 is 11.3 Å². The van der Waals surface area contributed by atoms with Crippen molar-refractivity contribution in [1.29, 1.82) is 0 Å². The first-order valence-corrected chi connectivity index (χ1v) is 9.05. The smallest absolute Gasteiger partial charge is 0.240 e. The quantitative estimate of drug-likeness (QED) is 0.781. The Morgan fingerprint density at radius 3 is 2.59 bits per heavy atom. The van der Waals surface area contributed by atoms with Crippen LogP contribution in [0.5, 0.6) is 0 Å². The van der Waals surface area contributed by atoms with Crippen LogP contribution < -0.4 is 4.72 Å². The van der Waals surface area contributed by atoms with Crippen LogP contribution in [0.15, 0.2) is 71.1 Å². The first kappa shape index (κ1) is 14.9. The molecule has 0 aliphatic heterocycles. The molecule has 0 radical (unpaired) electrons. The molecular weight excluding hydrogens is 316 g/mol. The van der Waals surface area contributed by atoms with Crippen LogP contribution in [-0.4, -0.2) is 13.4 Å². The van der Waals surface area contributed by atoms with Gasteiger partial charge >= 0.3 is 0 Å². The maximum absolute atomic E-state index is 12.2. The summed E-state index contributed by atoms with van der Waals surface area (Å²) in [5.41, 5.74) is 1.89. The van der Waals surface area contributed by atoms with Gasteiger partial charge in [0.05, 0.1) is 4.90 Å². The van der Waals surface area contributed by atoms with E-state index >= 15 is 0 Å². The predicted octanol–water partition coefficient (Wildman–Crippen LogP) is 3.29. The highest BCUT2D eigenvalue weighted by atomic mass is 32.2. The predicted molar refractivity (Wildman–Crippen MR) is 88.0 cm³/mol. The molecule has 6 heteroatoms. The molecule has 0 aliphatic rings. The summed E-state index contributed by atoms with van der Waals surface area (Å²) in [6, 6.07) is 16.1. The van der Waals surface area contributed by atoms with Crippen molar-refractivity contribution in [2.24, 2.45) is 0 Å². The Morgan fingerprint density at radius 2 is 1.86 bits per heavy atom. The van der Waals surface area contributed by atoms with Gasteiger partial charge in [0.1, 0.15) is 5.01 Å². The summed E-state index contributed by atoms with van der Waals surface area (Å²) < 4.78 is 27.0. The van der Waals surface area contributed by atoms with Gasteiger partial charge in [0.15, 0.2) is 0 Å². The van der Waals surface area contributed by atoms with Crippen LogP contribution in [0.3, 0.4) is 0 Å². The van der Waals surface area contributed by atoms with Crippen LogP contribution in [0.2, 0.25) is 0 Å². The lowest BCUT2D eigenvalue weighted by atomic mass is 10.1. The normalized spacial score (nSPS) is 11.5. The lowest BCUT2D eigenvalue weighted by molar-refractivity contribution is 0.581. The molecule has 0 spiro atoms. The van der Waals surface area contributed by atoms with Gasteiger partial charge in [-0.2, -0.15) is 0 Å². The fraction of sp³-hybridized carbons (Fsp3) is 0.0625. The number of hydrogen-bond acceptors (Lipinski definition) is 4. The van der Waals surface area contributed by atoms with Gasteiger partial charge in [-0.15, -0.1) is 11.3 Å². The van der Waals surface area contributed by atoms with Gasteiger partial charge in [-0.1, -0.05) is 36.4 Å². The third kappa shape index (κ3) is 3.41. The van der Waals surface area contributed by atoms with Gasteiger partial charge in [0.2, 0.25) is 10.0 Å².